The second kappa shape index (κ2) is 10.8. The summed E-state index contributed by atoms with van der Waals surface area (Å²) < 4.78 is 0. The van der Waals surface area contributed by atoms with Gasteiger partial charge in [-0.15, -0.1) is 0 Å². The zero-order valence-electron chi connectivity index (χ0n) is 14.6. The van der Waals surface area contributed by atoms with Crippen LogP contribution in [0.4, 0.5) is 5.69 Å². The summed E-state index contributed by atoms with van der Waals surface area (Å²) in [6.07, 6.45) is 3.54. The van der Waals surface area contributed by atoms with Crippen molar-refractivity contribution in [1.29, 1.82) is 0 Å². The second-order valence-corrected chi connectivity index (χ2v) is 5.97. The number of benzene rings is 2. The fraction of sp³-hybridized carbons (Fsp3) is 0.150. The molecule has 140 valence electrons. The molecule has 0 aliphatic heterocycles. The molecule has 0 heterocycles. The number of nitrogens with one attached hydrogen (secondary N) is 3. The largest absolute Gasteiger partial charge is 0.396 e. The van der Waals surface area contributed by atoms with Crippen molar-refractivity contribution in [2.75, 3.05) is 18.5 Å². The maximum atomic E-state index is 12.2. The van der Waals surface area contributed by atoms with E-state index in [0.717, 1.165) is 5.56 Å². The van der Waals surface area contributed by atoms with Crippen LogP contribution >= 0.6 is 12.2 Å². The molecule has 0 aliphatic carbocycles. The van der Waals surface area contributed by atoms with E-state index >= 15 is 0 Å². The average molecular weight is 383 g/mol. The number of amides is 2. The number of para-hydroxylation sites is 1. The lowest BCUT2D eigenvalue weighted by Gasteiger charge is -2.13. The highest BCUT2D eigenvalue weighted by atomic mass is 32.1. The van der Waals surface area contributed by atoms with Crippen LogP contribution in [0.1, 0.15) is 22.3 Å². The number of aliphatic hydroxyl groups excluding tert-OH is 1. The van der Waals surface area contributed by atoms with E-state index in [4.69, 9.17) is 17.3 Å². The molecule has 4 N–H and O–H groups in total. The fourth-order valence-corrected chi connectivity index (χ4v) is 2.42. The van der Waals surface area contributed by atoms with Gasteiger partial charge in [-0.2, -0.15) is 0 Å². The molecule has 2 aromatic carbocycles. The van der Waals surface area contributed by atoms with Gasteiger partial charge < -0.3 is 15.7 Å². The summed E-state index contributed by atoms with van der Waals surface area (Å²) in [5.41, 5.74) is 1.78. The molecule has 0 fully saturated rings. The number of thiocarbonyl (C=S) groups is 1. The molecule has 0 radical (unpaired) electrons. The topological polar surface area (TPSA) is 90.5 Å². The second-order valence-electron chi connectivity index (χ2n) is 5.57. The van der Waals surface area contributed by atoms with Gasteiger partial charge in [-0.25, -0.2) is 0 Å². The molecule has 2 amide bonds. The Labute approximate surface area is 163 Å². The van der Waals surface area contributed by atoms with Crippen molar-refractivity contribution < 1.29 is 14.7 Å². The van der Waals surface area contributed by atoms with E-state index in [1.165, 1.54) is 6.08 Å². The van der Waals surface area contributed by atoms with Crippen LogP contribution in [0.25, 0.3) is 6.08 Å². The Morgan fingerprint density at radius 3 is 2.48 bits per heavy atom. The molecule has 0 saturated carbocycles. The maximum absolute atomic E-state index is 12.2. The number of carbonyl (C=O) groups is 2. The quantitative estimate of drug-likeness (QED) is 0.335. The smallest absolute Gasteiger partial charge is 0.253 e. The molecule has 0 aromatic heterocycles. The zero-order chi connectivity index (χ0) is 19.5. The van der Waals surface area contributed by atoms with Crippen molar-refractivity contribution in [1.82, 2.24) is 10.6 Å². The molecule has 0 unspecified atom stereocenters. The summed E-state index contributed by atoms with van der Waals surface area (Å²) in [6.45, 7) is 0.377. The lowest BCUT2D eigenvalue weighted by atomic mass is 10.1. The van der Waals surface area contributed by atoms with Gasteiger partial charge in [0.25, 0.3) is 5.91 Å². The van der Waals surface area contributed by atoms with Crippen molar-refractivity contribution in [3.05, 3.63) is 71.8 Å². The van der Waals surface area contributed by atoms with Crippen molar-refractivity contribution in [2.24, 2.45) is 0 Å². The lowest BCUT2D eigenvalue weighted by molar-refractivity contribution is -0.115. The highest BCUT2D eigenvalue weighted by molar-refractivity contribution is 7.80. The van der Waals surface area contributed by atoms with Crippen LogP contribution < -0.4 is 16.0 Å². The van der Waals surface area contributed by atoms with E-state index in [1.54, 1.807) is 30.3 Å². The van der Waals surface area contributed by atoms with E-state index in [9.17, 15) is 9.59 Å². The third-order valence-corrected chi connectivity index (χ3v) is 3.71. The normalized spacial score (nSPS) is 10.4. The van der Waals surface area contributed by atoms with Crippen LogP contribution in [0.2, 0.25) is 0 Å². The van der Waals surface area contributed by atoms with Gasteiger partial charge in [0.05, 0.1) is 11.3 Å². The first-order chi connectivity index (χ1) is 13.1. The molecule has 0 saturated heterocycles. The average Bonchev–Trinajstić information content (AvgIpc) is 2.67. The van der Waals surface area contributed by atoms with Crippen LogP contribution in [0.5, 0.6) is 0 Å². The highest BCUT2D eigenvalue weighted by Crippen LogP contribution is 2.14. The van der Waals surface area contributed by atoms with Gasteiger partial charge in [-0.05, 0) is 42.4 Å². The SMILES string of the molecule is O=C(/C=C/c1ccccc1)NC(=S)Nc1ccccc1C(=O)NCCCO. The number of anilines is 1. The highest BCUT2D eigenvalue weighted by Gasteiger charge is 2.12. The minimum absolute atomic E-state index is 0.00674. The van der Waals surface area contributed by atoms with Gasteiger partial charge in [-0.1, -0.05) is 42.5 Å². The van der Waals surface area contributed by atoms with Crippen molar-refractivity contribution >= 4 is 40.9 Å². The summed E-state index contributed by atoms with van der Waals surface area (Å²) in [7, 11) is 0. The van der Waals surface area contributed by atoms with E-state index in [0.29, 0.717) is 24.2 Å². The van der Waals surface area contributed by atoms with Crippen LogP contribution in [0, 0.1) is 0 Å². The van der Waals surface area contributed by atoms with Crippen molar-refractivity contribution in [3.8, 4) is 0 Å². The van der Waals surface area contributed by atoms with Crippen LogP contribution in [0.15, 0.2) is 60.7 Å². The number of carbonyl (C=O) groups excluding carboxylic acids is 2. The molecule has 2 aromatic rings. The van der Waals surface area contributed by atoms with Gasteiger partial charge in [0.2, 0.25) is 5.91 Å². The van der Waals surface area contributed by atoms with Gasteiger partial charge in [0, 0.05) is 19.2 Å². The zero-order valence-corrected chi connectivity index (χ0v) is 15.5. The standard InChI is InChI=1S/C20H21N3O3S/c24-14-6-13-21-19(26)16-9-4-5-10-17(16)22-20(27)23-18(25)12-11-15-7-2-1-3-8-15/h1-5,7-12,24H,6,13-14H2,(H,21,26)(H2,22,23,25,27)/b12-11+. The third-order valence-electron chi connectivity index (χ3n) is 3.50. The number of rotatable bonds is 7. The summed E-state index contributed by atoms with van der Waals surface area (Å²) in [5.74, 6) is -0.661. The molecular weight excluding hydrogens is 362 g/mol. The summed E-state index contributed by atoms with van der Waals surface area (Å²) in [6, 6.07) is 16.3. The first-order valence-corrected chi connectivity index (χ1v) is 8.84. The molecule has 7 heteroatoms. The minimum atomic E-state index is -0.374. The molecule has 2 rings (SSSR count). The Hall–Kier alpha value is -3.03. The van der Waals surface area contributed by atoms with E-state index in [2.05, 4.69) is 16.0 Å². The Kier molecular flexibility index (Phi) is 8.15. The monoisotopic (exact) mass is 383 g/mol. The predicted molar refractivity (Wildman–Crippen MR) is 110 cm³/mol. The number of aliphatic hydroxyl groups is 1. The molecule has 0 bridgehead atoms. The van der Waals surface area contributed by atoms with E-state index in [1.807, 2.05) is 30.3 Å². The fourth-order valence-electron chi connectivity index (χ4n) is 2.21. The van der Waals surface area contributed by atoms with Crippen molar-refractivity contribution in [3.63, 3.8) is 0 Å². The Bertz CT molecular complexity index is 822. The minimum Gasteiger partial charge on any atom is -0.396 e. The molecule has 0 atom stereocenters. The predicted octanol–water partition coefficient (Wildman–Crippen LogP) is 2.33. The summed E-state index contributed by atoms with van der Waals surface area (Å²) >= 11 is 5.15. The van der Waals surface area contributed by atoms with E-state index < -0.39 is 0 Å². The molecular formula is C20H21N3O3S. The van der Waals surface area contributed by atoms with Gasteiger partial charge in [-0.3, -0.25) is 14.9 Å². The first kappa shape index (κ1) is 20.3. The first-order valence-electron chi connectivity index (χ1n) is 8.43. The van der Waals surface area contributed by atoms with Gasteiger partial charge in [0.15, 0.2) is 5.11 Å². The van der Waals surface area contributed by atoms with Gasteiger partial charge >= 0.3 is 0 Å². The molecule has 0 aliphatic rings. The summed E-state index contributed by atoms with van der Waals surface area (Å²) in [5, 5.41) is 17.0. The van der Waals surface area contributed by atoms with Crippen LogP contribution in [-0.4, -0.2) is 35.2 Å². The van der Waals surface area contributed by atoms with E-state index in [-0.39, 0.29) is 23.5 Å². The molecule has 0 spiro atoms. The third kappa shape index (κ3) is 7.01. The number of hydrogen-bond donors (Lipinski definition) is 4. The maximum Gasteiger partial charge on any atom is 0.253 e. The lowest BCUT2D eigenvalue weighted by Crippen LogP contribution is -2.34. The Morgan fingerprint density at radius 1 is 1.04 bits per heavy atom. The van der Waals surface area contributed by atoms with Crippen LogP contribution in [-0.2, 0) is 4.79 Å². The molecule has 27 heavy (non-hydrogen) atoms. The number of hydrogen-bond acceptors (Lipinski definition) is 4. The van der Waals surface area contributed by atoms with Crippen LogP contribution in [0.3, 0.4) is 0 Å². The summed E-state index contributed by atoms with van der Waals surface area (Å²) in [4.78, 5) is 24.2. The Morgan fingerprint density at radius 2 is 1.74 bits per heavy atom. The van der Waals surface area contributed by atoms with Gasteiger partial charge in [0.1, 0.15) is 0 Å². The molecule has 6 nitrogen and oxygen atoms in total. The van der Waals surface area contributed by atoms with Crippen molar-refractivity contribution in [2.45, 2.75) is 6.42 Å². The Balaban J connectivity index is 1.94.